The number of carbonyl (C=O) groups excluding carboxylic acids is 1. The molecule has 1 aromatic carbocycles. The Kier molecular flexibility index (Phi) is 6.75. The smallest absolute Gasteiger partial charge is 0.223 e. The molecule has 0 saturated carbocycles. The van der Waals surface area contributed by atoms with Crippen molar-refractivity contribution in [3.63, 3.8) is 0 Å². The summed E-state index contributed by atoms with van der Waals surface area (Å²) in [4.78, 5) is 14.7. The minimum absolute atomic E-state index is 0.140. The number of hydrogen-bond donors (Lipinski definition) is 1. The van der Waals surface area contributed by atoms with E-state index >= 15 is 0 Å². The summed E-state index contributed by atoms with van der Waals surface area (Å²) in [5, 5.41) is 4.32. The third-order valence-corrected chi connectivity index (χ3v) is 5.46. The van der Waals surface area contributed by atoms with Gasteiger partial charge < -0.3 is 5.32 Å². The number of rotatable bonds is 5. The van der Waals surface area contributed by atoms with Gasteiger partial charge in [-0.2, -0.15) is 0 Å². The highest BCUT2D eigenvalue weighted by Crippen LogP contribution is 2.25. The molecule has 1 N–H and O–H groups in total. The molecule has 128 valence electrons. The van der Waals surface area contributed by atoms with Crippen LogP contribution in [0.25, 0.3) is 0 Å². The second-order valence-electron chi connectivity index (χ2n) is 6.84. The molecule has 0 aliphatic carbocycles. The highest BCUT2D eigenvalue weighted by atomic mass is 35.5. The Bertz CT molecular complexity index is 540. The van der Waals surface area contributed by atoms with E-state index in [9.17, 15) is 4.79 Å². The molecule has 0 unspecified atom stereocenters. The van der Waals surface area contributed by atoms with Gasteiger partial charge in [0.15, 0.2) is 0 Å². The molecule has 0 bridgehead atoms. The summed E-state index contributed by atoms with van der Waals surface area (Å²) in [5.41, 5.74) is 1.16. The number of carbonyl (C=O) groups is 1. The highest BCUT2D eigenvalue weighted by Gasteiger charge is 2.26. The van der Waals surface area contributed by atoms with Crippen LogP contribution in [0.1, 0.15) is 39.2 Å². The molecule has 0 spiro atoms. The fourth-order valence-corrected chi connectivity index (χ4v) is 3.08. The minimum atomic E-state index is 0.140. The molecule has 1 amide bonds. The standard InChI is InChI=1S/C18H26Cl2N2O/c1-12(2)13(3)21-18(23)15-6-8-22(9-7-15)11-14-4-5-16(19)17(20)10-14/h4-5,10,12-13,15H,6-9,11H2,1-3H3,(H,21,23)/t13-/m1/s1. The predicted molar refractivity (Wildman–Crippen MR) is 96.9 cm³/mol. The maximum absolute atomic E-state index is 12.3. The first-order chi connectivity index (χ1) is 10.9. The molecule has 1 aromatic rings. The van der Waals surface area contributed by atoms with E-state index in [1.807, 2.05) is 18.2 Å². The van der Waals surface area contributed by atoms with Crippen LogP contribution < -0.4 is 5.32 Å². The normalized spacial score (nSPS) is 18.2. The molecular weight excluding hydrogens is 331 g/mol. The molecule has 0 aromatic heterocycles. The van der Waals surface area contributed by atoms with E-state index in [0.717, 1.165) is 38.0 Å². The SMILES string of the molecule is CC(C)[C@@H](C)NC(=O)C1CCN(Cc2ccc(Cl)c(Cl)c2)CC1. The summed E-state index contributed by atoms with van der Waals surface area (Å²) < 4.78 is 0. The number of likely N-dealkylation sites (tertiary alicyclic amines) is 1. The number of piperidine rings is 1. The molecule has 23 heavy (non-hydrogen) atoms. The van der Waals surface area contributed by atoms with Gasteiger partial charge in [-0.3, -0.25) is 9.69 Å². The lowest BCUT2D eigenvalue weighted by atomic mass is 9.94. The summed E-state index contributed by atoms with van der Waals surface area (Å²) in [6.07, 6.45) is 1.83. The van der Waals surface area contributed by atoms with E-state index < -0.39 is 0 Å². The maximum atomic E-state index is 12.3. The van der Waals surface area contributed by atoms with Crippen molar-refractivity contribution in [2.24, 2.45) is 11.8 Å². The van der Waals surface area contributed by atoms with Crippen molar-refractivity contribution in [1.29, 1.82) is 0 Å². The molecular formula is C18H26Cl2N2O. The van der Waals surface area contributed by atoms with E-state index in [-0.39, 0.29) is 17.9 Å². The molecule has 2 rings (SSSR count). The first-order valence-electron chi connectivity index (χ1n) is 8.33. The summed E-state index contributed by atoms with van der Waals surface area (Å²) in [6.45, 7) is 9.06. The molecule has 1 aliphatic rings. The van der Waals surface area contributed by atoms with Crippen LogP contribution in [0.3, 0.4) is 0 Å². The second kappa shape index (κ2) is 8.36. The van der Waals surface area contributed by atoms with E-state index in [0.29, 0.717) is 16.0 Å². The molecule has 1 atom stereocenters. The lowest BCUT2D eigenvalue weighted by molar-refractivity contribution is -0.127. The largest absolute Gasteiger partial charge is 0.353 e. The Hall–Kier alpha value is -0.770. The molecule has 3 nitrogen and oxygen atoms in total. The van der Waals surface area contributed by atoms with E-state index in [1.54, 1.807) is 0 Å². The fourth-order valence-electron chi connectivity index (χ4n) is 2.76. The summed E-state index contributed by atoms with van der Waals surface area (Å²) >= 11 is 12.0. The summed E-state index contributed by atoms with van der Waals surface area (Å²) in [6, 6.07) is 6.01. The highest BCUT2D eigenvalue weighted by molar-refractivity contribution is 6.42. The van der Waals surface area contributed by atoms with Gasteiger partial charge in [-0.25, -0.2) is 0 Å². The van der Waals surface area contributed by atoms with Gasteiger partial charge in [-0.1, -0.05) is 43.1 Å². The minimum Gasteiger partial charge on any atom is -0.353 e. The van der Waals surface area contributed by atoms with Crippen molar-refractivity contribution < 1.29 is 4.79 Å². The van der Waals surface area contributed by atoms with E-state index in [1.165, 1.54) is 0 Å². The Morgan fingerprint density at radius 3 is 2.43 bits per heavy atom. The number of halogens is 2. The van der Waals surface area contributed by atoms with Gasteiger partial charge in [0, 0.05) is 18.5 Å². The van der Waals surface area contributed by atoms with Crippen molar-refractivity contribution in [3.05, 3.63) is 33.8 Å². The molecule has 0 radical (unpaired) electrons. The number of nitrogens with one attached hydrogen (secondary N) is 1. The van der Waals surface area contributed by atoms with Crippen molar-refractivity contribution in [3.8, 4) is 0 Å². The third kappa shape index (κ3) is 5.37. The van der Waals surface area contributed by atoms with Gasteiger partial charge in [-0.15, -0.1) is 0 Å². The number of hydrogen-bond acceptors (Lipinski definition) is 2. The average molecular weight is 357 g/mol. The van der Waals surface area contributed by atoms with Gasteiger partial charge in [-0.05, 0) is 56.5 Å². The number of amides is 1. The van der Waals surface area contributed by atoms with Crippen LogP contribution in [0.15, 0.2) is 18.2 Å². The van der Waals surface area contributed by atoms with Gasteiger partial charge in [0.05, 0.1) is 10.0 Å². The number of nitrogens with zero attached hydrogens (tertiary/aromatic N) is 1. The molecule has 1 saturated heterocycles. The summed E-state index contributed by atoms with van der Waals surface area (Å²) in [5.74, 6) is 0.815. The first kappa shape index (κ1) is 18.6. The van der Waals surface area contributed by atoms with Crippen molar-refractivity contribution in [2.45, 2.75) is 46.2 Å². The Morgan fingerprint density at radius 1 is 1.22 bits per heavy atom. The van der Waals surface area contributed by atoms with Crippen LogP contribution in [-0.4, -0.2) is 29.9 Å². The topological polar surface area (TPSA) is 32.3 Å². The first-order valence-corrected chi connectivity index (χ1v) is 9.09. The zero-order valence-electron chi connectivity index (χ0n) is 14.1. The number of benzene rings is 1. The van der Waals surface area contributed by atoms with Crippen LogP contribution in [0.4, 0.5) is 0 Å². The van der Waals surface area contributed by atoms with Crippen LogP contribution in [-0.2, 0) is 11.3 Å². The predicted octanol–water partition coefficient (Wildman–Crippen LogP) is 4.37. The quantitative estimate of drug-likeness (QED) is 0.849. The van der Waals surface area contributed by atoms with Crippen LogP contribution in [0, 0.1) is 11.8 Å². The molecule has 5 heteroatoms. The van der Waals surface area contributed by atoms with Gasteiger partial charge in [0.2, 0.25) is 5.91 Å². The van der Waals surface area contributed by atoms with Crippen molar-refractivity contribution in [2.75, 3.05) is 13.1 Å². The lowest BCUT2D eigenvalue weighted by Gasteiger charge is -2.32. The van der Waals surface area contributed by atoms with Crippen LogP contribution >= 0.6 is 23.2 Å². The van der Waals surface area contributed by atoms with Crippen molar-refractivity contribution >= 4 is 29.1 Å². The zero-order valence-corrected chi connectivity index (χ0v) is 15.6. The monoisotopic (exact) mass is 356 g/mol. The molecule has 1 aliphatic heterocycles. The van der Waals surface area contributed by atoms with Gasteiger partial charge in [0.25, 0.3) is 0 Å². The van der Waals surface area contributed by atoms with E-state index in [4.69, 9.17) is 23.2 Å². The van der Waals surface area contributed by atoms with Crippen molar-refractivity contribution in [1.82, 2.24) is 10.2 Å². The maximum Gasteiger partial charge on any atom is 0.223 e. The lowest BCUT2D eigenvalue weighted by Crippen LogP contribution is -2.44. The molecule has 1 fully saturated rings. The fraction of sp³-hybridized carbons (Fsp3) is 0.611. The molecule has 1 heterocycles. The average Bonchev–Trinajstić information content (AvgIpc) is 2.51. The van der Waals surface area contributed by atoms with Gasteiger partial charge in [0.1, 0.15) is 0 Å². The zero-order chi connectivity index (χ0) is 17.0. The Morgan fingerprint density at radius 2 is 1.87 bits per heavy atom. The Labute approximate surface area is 149 Å². The Balaban J connectivity index is 1.81. The summed E-state index contributed by atoms with van der Waals surface area (Å²) in [7, 11) is 0. The van der Waals surface area contributed by atoms with Crippen LogP contribution in [0.5, 0.6) is 0 Å². The second-order valence-corrected chi connectivity index (χ2v) is 7.65. The van der Waals surface area contributed by atoms with Crippen LogP contribution in [0.2, 0.25) is 10.0 Å². The van der Waals surface area contributed by atoms with Gasteiger partial charge >= 0.3 is 0 Å². The van der Waals surface area contributed by atoms with E-state index in [2.05, 4.69) is 31.0 Å². The third-order valence-electron chi connectivity index (χ3n) is 4.72.